The van der Waals surface area contributed by atoms with Crippen LogP contribution in [0.25, 0.3) is 11.0 Å². The van der Waals surface area contributed by atoms with E-state index in [2.05, 4.69) is 21.9 Å². The number of carboxylic acid groups (broad SMARTS) is 1. The first kappa shape index (κ1) is 19.6. The van der Waals surface area contributed by atoms with Gasteiger partial charge in [0.15, 0.2) is 0 Å². The molecule has 2 fully saturated rings. The van der Waals surface area contributed by atoms with E-state index >= 15 is 0 Å². The van der Waals surface area contributed by atoms with Gasteiger partial charge in [0.1, 0.15) is 17.0 Å². The maximum atomic E-state index is 12.6. The molecule has 0 amide bonds. The molecule has 0 spiro atoms. The standard InChI is InChI=1S/C23H25N5O3/c24-16-3-1-15(2-4-16)13-26-9-11-27(12-10-26)20-8-7-18-21(29)19(23(30)31)14-28(17-5-6-17)22(18)25-20/h1-4,7-8,14,17H,5-6,9-13,24H2,(H,30,31). The zero-order valence-electron chi connectivity index (χ0n) is 17.2. The molecule has 2 aromatic heterocycles. The van der Waals surface area contributed by atoms with E-state index in [9.17, 15) is 14.7 Å². The number of hydrogen-bond acceptors (Lipinski definition) is 6. The number of nitrogens with two attached hydrogens (primary N) is 1. The first-order valence-corrected chi connectivity index (χ1v) is 10.6. The van der Waals surface area contributed by atoms with E-state index in [1.165, 1.54) is 11.8 Å². The second-order valence-corrected chi connectivity index (χ2v) is 8.36. The number of piperazine rings is 1. The van der Waals surface area contributed by atoms with Crippen LogP contribution in [0.2, 0.25) is 0 Å². The number of hydrogen-bond donors (Lipinski definition) is 2. The molecule has 3 N–H and O–H groups in total. The number of nitrogens with zero attached hydrogens (tertiary/aromatic N) is 4. The SMILES string of the molecule is Nc1ccc(CN2CCN(c3ccc4c(=O)c(C(=O)O)cn(C5CC5)c4n3)CC2)cc1. The van der Waals surface area contributed by atoms with Crippen LogP contribution >= 0.6 is 0 Å². The maximum Gasteiger partial charge on any atom is 0.341 e. The van der Waals surface area contributed by atoms with E-state index < -0.39 is 11.4 Å². The van der Waals surface area contributed by atoms with Gasteiger partial charge in [-0.1, -0.05) is 12.1 Å². The monoisotopic (exact) mass is 419 g/mol. The van der Waals surface area contributed by atoms with Crippen molar-refractivity contribution in [1.29, 1.82) is 0 Å². The summed E-state index contributed by atoms with van der Waals surface area (Å²) in [7, 11) is 0. The van der Waals surface area contributed by atoms with Crippen LogP contribution in [0.15, 0.2) is 47.4 Å². The Hall–Kier alpha value is -3.39. The van der Waals surface area contributed by atoms with Gasteiger partial charge in [0.25, 0.3) is 0 Å². The van der Waals surface area contributed by atoms with Crippen LogP contribution < -0.4 is 16.1 Å². The maximum absolute atomic E-state index is 12.6. The van der Waals surface area contributed by atoms with Crippen LogP contribution in [0, 0.1) is 0 Å². The lowest BCUT2D eigenvalue weighted by Gasteiger charge is -2.35. The number of carbonyl (C=O) groups is 1. The molecular formula is C23H25N5O3. The summed E-state index contributed by atoms with van der Waals surface area (Å²) in [6.45, 7) is 4.40. The molecule has 5 rings (SSSR count). The number of nitrogen functional groups attached to an aromatic ring is 1. The van der Waals surface area contributed by atoms with Crippen molar-refractivity contribution >= 4 is 28.5 Å². The number of benzene rings is 1. The highest BCUT2D eigenvalue weighted by atomic mass is 16.4. The van der Waals surface area contributed by atoms with Crippen molar-refractivity contribution in [3.8, 4) is 0 Å². The summed E-state index contributed by atoms with van der Waals surface area (Å²) in [6, 6.07) is 11.8. The summed E-state index contributed by atoms with van der Waals surface area (Å²) in [6.07, 6.45) is 3.42. The summed E-state index contributed by atoms with van der Waals surface area (Å²) in [5.41, 5.74) is 7.72. The van der Waals surface area contributed by atoms with E-state index in [1.807, 2.05) is 22.8 Å². The Balaban J connectivity index is 1.37. The zero-order valence-corrected chi connectivity index (χ0v) is 17.2. The topological polar surface area (TPSA) is 105 Å². The van der Waals surface area contributed by atoms with Crippen LogP contribution in [-0.2, 0) is 6.54 Å². The Morgan fingerprint density at radius 3 is 2.42 bits per heavy atom. The highest BCUT2D eigenvalue weighted by Crippen LogP contribution is 2.36. The minimum atomic E-state index is -1.19. The summed E-state index contributed by atoms with van der Waals surface area (Å²) >= 11 is 0. The van der Waals surface area contributed by atoms with Crippen molar-refractivity contribution in [2.45, 2.75) is 25.4 Å². The van der Waals surface area contributed by atoms with Crippen molar-refractivity contribution in [2.24, 2.45) is 0 Å². The van der Waals surface area contributed by atoms with Crippen LogP contribution in [0.5, 0.6) is 0 Å². The fraction of sp³-hybridized carbons (Fsp3) is 0.348. The third-order valence-corrected chi connectivity index (χ3v) is 6.12. The quantitative estimate of drug-likeness (QED) is 0.612. The van der Waals surface area contributed by atoms with Gasteiger partial charge in [-0.3, -0.25) is 9.69 Å². The van der Waals surface area contributed by atoms with Crippen molar-refractivity contribution in [2.75, 3.05) is 36.8 Å². The Bertz CT molecular complexity index is 1190. The molecule has 1 aliphatic carbocycles. The first-order chi connectivity index (χ1) is 15.0. The molecule has 8 nitrogen and oxygen atoms in total. The van der Waals surface area contributed by atoms with Gasteiger partial charge >= 0.3 is 5.97 Å². The number of aromatic carboxylic acids is 1. The summed E-state index contributed by atoms with van der Waals surface area (Å²) < 4.78 is 1.88. The molecule has 3 aromatic rings. The number of pyridine rings is 2. The summed E-state index contributed by atoms with van der Waals surface area (Å²) in [5.74, 6) is -0.362. The minimum Gasteiger partial charge on any atom is -0.477 e. The average Bonchev–Trinajstić information content (AvgIpc) is 3.61. The molecule has 1 saturated carbocycles. The van der Waals surface area contributed by atoms with Crippen molar-refractivity contribution in [3.05, 3.63) is 63.9 Å². The molecule has 1 aliphatic heterocycles. The van der Waals surface area contributed by atoms with E-state index in [1.54, 1.807) is 6.07 Å². The molecule has 8 heteroatoms. The molecule has 31 heavy (non-hydrogen) atoms. The molecule has 160 valence electrons. The number of rotatable bonds is 5. The van der Waals surface area contributed by atoms with Gasteiger partial charge in [-0.2, -0.15) is 0 Å². The predicted octanol–water partition coefficient (Wildman–Crippen LogP) is 2.33. The highest BCUT2D eigenvalue weighted by molar-refractivity contribution is 5.92. The van der Waals surface area contributed by atoms with Crippen LogP contribution in [0.4, 0.5) is 11.5 Å². The smallest absolute Gasteiger partial charge is 0.341 e. The van der Waals surface area contributed by atoms with Crippen molar-refractivity contribution in [3.63, 3.8) is 0 Å². The van der Waals surface area contributed by atoms with E-state index in [4.69, 9.17) is 10.7 Å². The molecular weight excluding hydrogens is 394 g/mol. The van der Waals surface area contributed by atoms with Crippen molar-refractivity contribution in [1.82, 2.24) is 14.5 Å². The number of anilines is 2. The van der Waals surface area contributed by atoms with E-state index in [0.29, 0.717) is 11.0 Å². The lowest BCUT2D eigenvalue weighted by molar-refractivity contribution is 0.0695. The fourth-order valence-electron chi connectivity index (χ4n) is 4.19. The highest BCUT2D eigenvalue weighted by Gasteiger charge is 2.28. The van der Waals surface area contributed by atoms with Gasteiger partial charge in [0.2, 0.25) is 5.43 Å². The molecule has 0 unspecified atom stereocenters. The van der Waals surface area contributed by atoms with Gasteiger partial charge in [-0.15, -0.1) is 0 Å². The van der Waals surface area contributed by atoms with E-state index in [0.717, 1.165) is 57.1 Å². The second kappa shape index (κ2) is 7.70. The van der Waals surface area contributed by atoms with Gasteiger partial charge in [-0.25, -0.2) is 9.78 Å². The number of aromatic nitrogens is 2. The Labute approximate surface area is 179 Å². The number of carboxylic acids is 1. The Morgan fingerprint density at radius 1 is 1.06 bits per heavy atom. The summed E-state index contributed by atoms with van der Waals surface area (Å²) in [5, 5.41) is 9.77. The third kappa shape index (κ3) is 3.86. The molecule has 1 aromatic carbocycles. The van der Waals surface area contributed by atoms with E-state index in [-0.39, 0.29) is 11.6 Å². The summed E-state index contributed by atoms with van der Waals surface area (Å²) in [4.78, 5) is 33.6. The molecule has 0 radical (unpaired) electrons. The normalized spacial score (nSPS) is 17.2. The first-order valence-electron chi connectivity index (χ1n) is 10.6. The van der Waals surface area contributed by atoms with Crippen LogP contribution in [0.1, 0.15) is 34.8 Å². The largest absolute Gasteiger partial charge is 0.477 e. The Morgan fingerprint density at radius 2 is 1.77 bits per heavy atom. The predicted molar refractivity (Wildman–Crippen MR) is 120 cm³/mol. The minimum absolute atomic E-state index is 0.190. The molecule has 0 bridgehead atoms. The van der Waals surface area contributed by atoms with Gasteiger partial charge < -0.3 is 20.3 Å². The third-order valence-electron chi connectivity index (χ3n) is 6.12. The molecule has 0 atom stereocenters. The van der Waals surface area contributed by atoms with Gasteiger partial charge in [0, 0.05) is 50.6 Å². The second-order valence-electron chi connectivity index (χ2n) is 8.36. The molecule has 3 heterocycles. The van der Waals surface area contributed by atoms with Crippen molar-refractivity contribution < 1.29 is 9.90 Å². The van der Waals surface area contributed by atoms with Crippen LogP contribution in [-0.4, -0.2) is 51.7 Å². The lowest BCUT2D eigenvalue weighted by Crippen LogP contribution is -2.46. The fourth-order valence-corrected chi connectivity index (χ4v) is 4.19. The van der Waals surface area contributed by atoms with Gasteiger partial charge in [0.05, 0.1) is 5.39 Å². The van der Waals surface area contributed by atoms with Gasteiger partial charge in [-0.05, 0) is 42.7 Å². The van der Waals surface area contributed by atoms with Crippen LogP contribution in [0.3, 0.4) is 0 Å². The number of fused-ring (bicyclic) bond motifs is 1. The average molecular weight is 419 g/mol. The zero-order chi connectivity index (χ0) is 21.5. The lowest BCUT2D eigenvalue weighted by atomic mass is 10.1. The molecule has 1 saturated heterocycles. The molecule has 2 aliphatic rings. The Kier molecular flexibility index (Phi) is 4.86.